The van der Waals surface area contributed by atoms with Crippen molar-refractivity contribution in [1.29, 1.82) is 0 Å². The lowest BCUT2D eigenvalue weighted by Crippen LogP contribution is -2.47. The van der Waals surface area contributed by atoms with Crippen molar-refractivity contribution in [1.82, 2.24) is 9.80 Å². The molecule has 4 rings (SSSR count). The molecule has 4 nitrogen and oxygen atoms in total. The van der Waals surface area contributed by atoms with Crippen molar-refractivity contribution in [2.75, 3.05) is 45.9 Å². The van der Waals surface area contributed by atoms with E-state index in [9.17, 15) is 0 Å². The quantitative estimate of drug-likeness (QED) is 0.296. The fourth-order valence-electron chi connectivity index (χ4n) is 4.10. The van der Waals surface area contributed by atoms with Crippen molar-refractivity contribution >= 4 is 24.8 Å². The average molecular weight is 504 g/mol. The molecule has 0 spiro atoms. The molecular formula is C28H36Cl2N2O2. The molecule has 3 aromatic rings. The summed E-state index contributed by atoms with van der Waals surface area (Å²) in [6.07, 6.45) is 2.41. The number of ether oxygens (including phenoxy) is 2. The van der Waals surface area contributed by atoms with E-state index in [1.165, 1.54) is 24.9 Å². The molecule has 0 radical (unpaired) electrons. The van der Waals surface area contributed by atoms with Crippen LogP contribution in [0, 0.1) is 0 Å². The van der Waals surface area contributed by atoms with E-state index in [0.717, 1.165) is 56.4 Å². The van der Waals surface area contributed by atoms with Gasteiger partial charge in [0.2, 0.25) is 0 Å². The molecule has 6 heteroatoms. The fraction of sp³-hybridized carbons (Fsp3) is 0.357. The van der Waals surface area contributed by atoms with Crippen LogP contribution in [-0.2, 0) is 17.8 Å². The van der Waals surface area contributed by atoms with E-state index in [-0.39, 0.29) is 24.8 Å². The van der Waals surface area contributed by atoms with Crippen LogP contribution < -0.4 is 4.74 Å². The molecule has 0 N–H and O–H groups in total. The van der Waals surface area contributed by atoms with E-state index >= 15 is 0 Å². The molecule has 0 aliphatic carbocycles. The lowest BCUT2D eigenvalue weighted by atomic mass is 10.1. The van der Waals surface area contributed by atoms with Crippen molar-refractivity contribution in [3.8, 4) is 11.5 Å². The highest BCUT2D eigenvalue weighted by Gasteiger charge is 2.16. The van der Waals surface area contributed by atoms with Gasteiger partial charge in [-0.15, -0.1) is 24.8 Å². The SMILES string of the molecule is Cl.Cl.c1ccc(CCCN2CCN(CCOCc3cccc(Oc4ccccc4)c3)CC2)cc1. The molecule has 34 heavy (non-hydrogen) atoms. The first-order valence-electron chi connectivity index (χ1n) is 11.7. The number of piperazine rings is 1. The monoisotopic (exact) mass is 502 g/mol. The highest BCUT2D eigenvalue weighted by atomic mass is 35.5. The van der Waals surface area contributed by atoms with E-state index in [4.69, 9.17) is 9.47 Å². The van der Waals surface area contributed by atoms with Crippen LogP contribution in [0.4, 0.5) is 0 Å². The Balaban J connectivity index is 0.00000204. The summed E-state index contributed by atoms with van der Waals surface area (Å²) in [5.74, 6) is 1.70. The van der Waals surface area contributed by atoms with Crippen LogP contribution >= 0.6 is 24.8 Å². The lowest BCUT2D eigenvalue weighted by molar-refractivity contribution is 0.0682. The van der Waals surface area contributed by atoms with E-state index in [2.05, 4.69) is 52.3 Å². The second-order valence-corrected chi connectivity index (χ2v) is 8.39. The molecule has 1 heterocycles. The number of hydrogen-bond donors (Lipinski definition) is 0. The van der Waals surface area contributed by atoms with Crippen LogP contribution in [-0.4, -0.2) is 55.7 Å². The Hall–Kier alpha value is -2.08. The zero-order valence-electron chi connectivity index (χ0n) is 19.7. The Bertz CT molecular complexity index is 920. The zero-order chi connectivity index (χ0) is 21.8. The highest BCUT2D eigenvalue weighted by Crippen LogP contribution is 2.22. The maximum Gasteiger partial charge on any atom is 0.127 e. The zero-order valence-corrected chi connectivity index (χ0v) is 21.3. The molecule has 3 aromatic carbocycles. The van der Waals surface area contributed by atoms with Crippen molar-refractivity contribution in [2.45, 2.75) is 19.4 Å². The lowest BCUT2D eigenvalue weighted by Gasteiger charge is -2.34. The van der Waals surface area contributed by atoms with Crippen LogP contribution in [0.2, 0.25) is 0 Å². The van der Waals surface area contributed by atoms with Crippen LogP contribution in [0.5, 0.6) is 11.5 Å². The summed E-state index contributed by atoms with van der Waals surface area (Å²) in [7, 11) is 0. The van der Waals surface area contributed by atoms with Gasteiger partial charge in [0.05, 0.1) is 13.2 Å². The summed E-state index contributed by atoms with van der Waals surface area (Å²) in [5.41, 5.74) is 2.59. The Morgan fingerprint density at radius 1 is 0.618 bits per heavy atom. The van der Waals surface area contributed by atoms with E-state index in [1.54, 1.807) is 0 Å². The Morgan fingerprint density at radius 2 is 1.21 bits per heavy atom. The van der Waals surface area contributed by atoms with Gasteiger partial charge in [0.1, 0.15) is 11.5 Å². The third-order valence-corrected chi connectivity index (χ3v) is 5.95. The van der Waals surface area contributed by atoms with Crippen LogP contribution in [0.3, 0.4) is 0 Å². The standard InChI is InChI=1S/C28H34N2O2.2ClH/c1-3-9-25(10-4-1)12-8-16-29-17-19-30(20-18-29)21-22-31-24-26-11-7-15-28(23-26)32-27-13-5-2-6-14-27;;/h1-7,9-11,13-15,23H,8,12,16-22,24H2;2*1H. The van der Waals surface area contributed by atoms with E-state index in [0.29, 0.717) is 6.61 Å². The van der Waals surface area contributed by atoms with Gasteiger partial charge in [0, 0.05) is 32.7 Å². The number of hydrogen-bond acceptors (Lipinski definition) is 4. The summed E-state index contributed by atoms with van der Waals surface area (Å²) in [6.45, 7) is 8.16. The van der Waals surface area contributed by atoms with Gasteiger partial charge < -0.3 is 14.4 Å². The Labute approximate surface area is 216 Å². The second kappa shape index (κ2) is 15.8. The summed E-state index contributed by atoms with van der Waals surface area (Å²) < 4.78 is 11.9. The van der Waals surface area contributed by atoms with Gasteiger partial charge in [0.15, 0.2) is 0 Å². The molecule has 0 unspecified atom stereocenters. The molecule has 0 saturated carbocycles. The van der Waals surface area contributed by atoms with Gasteiger partial charge >= 0.3 is 0 Å². The Kier molecular flexibility index (Phi) is 13.0. The van der Waals surface area contributed by atoms with Gasteiger partial charge in [-0.25, -0.2) is 0 Å². The third-order valence-electron chi connectivity index (χ3n) is 5.95. The highest BCUT2D eigenvalue weighted by molar-refractivity contribution is 5.85. The maximum atomic E-state index is 5.96. The number of aryl methyl sites for hydroxylation is 1. The molecule has 1 aliphatic heterocycles. The third kappa shape index (κ3) is 9.65. The first-order chi connectivity index (χ1) is 15.8. The van der Waals surface area contributed by atoms with Gasteiger partial charge in [0.25, 0.3) is 0 Å². The fourth-order valence-corrected chi connectivity index (χ4v) is 4.10. The van der Waals surface area contributed by atoms with Crippen LogP contribution in [0.25, 0.3) is 0 Å². The molecule has 0 amide bonds. The molecular weight excluding hydrogens is 467 g/mol. The molecule has 0 bridgehead atoms. The molecule has 184 valence electrons. The van der Waals surface area contributed by atoms with Gasteiger partial charge in [-0.05, 0) is 54.8 Å². The predicted molar refractivity (Wildman–Crippen MR) is 145 cm³/mol. The number of benzene rings is 3. The maximum absolute atomic E-state index is 5.96. The molecule has 0 atom stereocenters. The van der Waals surface area contributed by atoms with E-state index in [1.807, 2.05) is 42.5 Å². The first kappa shape index (κ1) is 28.2. The van der Waals surface area contributed by atoms with Crippen molar-refractivity contribution < 1.29 is 9.47 Å². The first-order valence-corrected chi connectivity index (χ1v) is 11.7. The Morgan fingerprint density at radius 3 is 1.91 bits per heavy atom. The van der Waals surface area contributed by atoms with Gasteiger partial charge in [-0.2, -0.15) is 0 Å². The molecule has 1 fully saturated rings. The van der Waals surface area contributed by atoms with Crippen LogP contribution in [0.15, 0.2) is 84.9 Å². The minimum atomic E-state index is 0. The number of rotatable bonds is 11. The summed E-state index contributed by atoms with van der Waals surface area (Å²) >= 11 is 0. The minimum absolute atomic E-state index is 0. The molecule has 1 saturated heterocycles. The smallest absolute Gasteiger partial charge is 0.127 e. The molecule has 1 aliphatic rings. The number of nitrogens with zero attached hydrogens (tertiary/aromatic N) is 2. The van der Waals surface area contributed by atoms with Gasteiger partial charge in [-0.3, -0.25) is 4.90 Å². The predicted octanol–water partition coefficient (Wildman–Crippen LogP) is 6.09. The number of para-hydroxylation sites is 1. The van der Waals surface area contributed by atoms with Crippen molar-refractivity contribution in [3.05, 3.63) is 96.1 Å². The van der Waals surface area contributed by atoms with E-state index < -0.39 is 0 Å². The van der Waals surface area contributed by atoms with Gasteiger partial charge in [-0.1, -0.05) is 60.7 Å². The topological polar surface area (TPSA) is 24.9 Å². The second-order valence-electron chi connectivity index (χ2n) is 8.39. The minimum Gasteiger partial charge on any atom is -0.457 e. The summed E-state index contributed by atoms with van der Waals surface area (Å²) in [5, 5.41) is 0. The normalized spacial score (nSPS) is 14.1. The largest absolute Gasteiger partial charge is 0.457 e. The van der Waals surface area contributed by atoms with Crippen LogP contribution in [0.1, 0.15) is 17.5 Å². The summed E-state index contributed by atoms with van der Waals surface area (Å²) in [6, 6.07) is 28.8. The average Bonchev–Trinajstić information content (AvgIpc) is 2.84. The summed E-state index contributed by atoms with van der Waals surface area (Å²) in [4.78, 5) is 5.11. The number of halogens is 2. The van der Waals surface area contributed by atoms with Crippen molar-refractivity contribution in [3.63, 3.8) is 0 Å². The molecule has 0 aromatic heterocycles. The van der Waals surface area contributed by atoms with Crippen molar-refractivity contribution in [2.24, 2.45) is 0 Å².